The van der Waals surface area contributed by atoms with Crippen molar-refractivity contribution >= 4 is 11.9 Å². The second kappa shape index (κ2) is 10.5. The molecule has 0 aliphatic carbocycles. The van der Waals surface area contributed by atoms with Crippen LogP contribution in [0.4, 0.5) is 0 Å². The maximum Gasteiger partial charge on any atom is 0.192 e. The molecule has 0 N–H and O–H groups in total. The van der Waals surface area contributed by atoms with Crippen molar-refractivity contribution in [1.29, 1.82) is 0 Å². The molecule has 0 aliphatic rings. The fourth-order valence-corrected chi connectivity index (χ4v) is 3.07. The lowest BCUT2D eigenvalue weighted by molar-refractivity contribution is 0.102. The number of hydrogen-bond acceptors (Lipinski definition) is 2. The van der Waals surface area contributed by atoms with Crippen LogP contribution in [0.25, 0.3) is 6.08 Å². The van der Waals surface area contributed by atoms with Gasteiger partial charge in [0.2, 0.25) is 0 Å². The number of ketones is 1. The molecule has 0 amide bonds. The van der Waals surface area contributed by atoms with Crippen LogP contribution in [0.1, 0.15) is 49.5 Å². The molecule has 2 aromatic carbocycles. The number of carbonyl (C=O) groups is 1. The topological polar surface area (TPSA) is 26.3 Å². The zero-order chi connectivity index (χ0) is 20.5. The predicted octanol–water partition coefficient (Wildman–Crippen LogP) is 6.90. The molecule has 0 bridgehead atoms. The maximum atomic E-state index is 13.4. The average molecular weight is 375 g/mol. The van der Waals surface area contributed by atoms with Gasteiger partial charge < -0.3 is 4.74 Å². The van der Waals surface area contributed by atoms with Gasteiger partial charge in [-0.05, 0) is 63.3 Å². The summed E-state index contributed by atoms with van der Waals surface area (Å²) in [4.78, 5) is 13.4. The van der Waals surface area contributed by atoms with E-state index in [1.54, 1.807) is 7.11 Å². The van der Waals surface area contributed by atoms with E-state index < -0.39 is 0 Å². The Hall–Kier alpha value is -2.87. The summed E-state index contributed by atoms with van der Waals surface area (Å²) in [6, 6.07) is 17.4. The van der Waals surface area contributed by atoms with Gasteiger partial charge in [0.25, 0.3) is 0 Å². The third-order valence-corrected chi connectivity index (χ3v) is 4.76. The molecule has 1 unspecified atom stereocenters. The van der Waals surface area contributed by atoms with Crippen LogP contribution in [0.3, 0.4) is 0 Å². The van der Waals surface area contributed by atoms with Crippen LogP contribution < -0.4 is 4.74 Å². The molecule has 0 aliphatic heterocycles. The molecule has 0 heterocycles. The number of Topliss-reactive ketones (excluding diaryl/α,β-unsaturated/α-hetero) is 1. The minimum absolute atomic E-state index is 0.00440. The molecule has 0 saturated carbocycles. The number of benzene rings is 2. The monoisotopic (exact) mass is 374 g/mol. The molecule has 0 saturated heterocycles. The Morgan fingerprint density at radius 3 is 2.29 bits per heavy atom. The molecule has 146 valence electrons. The van der Waals surface area contributed by atoms with Crippen LogP contribution in [0.5, 0.6) is 5.75 Å². The molecule has 2 aromatic rings. The van der Waals surface area contributed by atoms with Crippen LogP contribution in [0, 0.1) is 5.92 Å². The van der Waals surface area contributed by atoms with Gasteiger partial charge in [0.1, 0.15) is 5.75 Å². The fraction of sp³-hybridized carbons (Fsp3) is 0.269. The number of hydrogen-bond donors (Lipinski definition) is 0. The van der Waals surface area contributed by atoms with Crippen LogP contribution >= 0.6 is 0 Å². The van der Waals surface area contributed by atoms with Gasteiger partial charge in [-0.1, -0.05) is 66.3 Å². The van der Waals surface area contributed by atoms with Crippen molar-refractivity contribution in [3.8, 4) is 5.75 Å². The van der Waals surface area contributed by atoms with Crippen molar-refractivity contribution in [3.05, 3.63) is 95.1 Å². The van der Waals surface area contributed by atoms with Crippen LogP contribution in [0.15, 0.2) is 84.0 Å². The summed E-state index contributed by atoms with van der Waals surface area (Å²) < 4.78 is 5.42. The Morgan fingerprint density at radius 1 is 1.04 bits per heavy atom. The molecule has 0 fully saturated rings. The van der Waals surface area contributed by atoms with Gasteiger partial charge in [-0.15, -0.1) is 0 Å². The van der Waals surface area contributed by atoms with E-state index in [1.807, 2.05) is 67.6 Å². The van der Waals surface area contributed by atoms with Gasteiger partial charge in [-0.25, -0.2) is 0 Å². The van der Waals surface area contributed by atoms with Crippen LogP contribution in [-0.4, -0.2) is 12.9 Å². The summed E-state index contributed by atoms with van der Waals surface area (Å²) in [5.74, 6) is 0.816. The van der Waals surface area contributed by atoms with E-state index in [-0.39, 0.29) is 11.7 Å². The molecular weight excluding hydrogens is 344 g/mol. The van der Waals surface area contributed by atoms with E-state index in [1.165, 1.54) is 5.57 Å². The Balaban J connectivity index is 2.45. The van der Waals surface area contributed by atoms with Gasteiger partial charge in [-0.2, -0.15) is 0 Å². The Bertz CT molecular complexity index is 868. The zero-order valence-electron chi connectivity index (χ0n) is 17.4. The second-order valence-electron chi connectivity index (χ2n) is 7.37. The number of methoxy groups -OCH3 is 1. The lowest BCUT2D eigenvalue weighted by Gasteiger charge is -2.18. The summed E-state index contributed by atoms with van der Waals surface area (Å²) in [7, 11) is 1.60. The van der Waals surface area contributed by atoms with Crippen molar-refractivity contribution in [2.24, 2.45) is 5.92 Å². The molecule has 2 rings (SSSR count). The SMILES string of the molecule is C=C(C)C(CC=C(C)C)CC(=Cc1ccccc1)C(=O)c1ccccc1OC. The molecule has 28 heavy (non-hydrogen) atoms. The minimum Gasteiger partial charge on any atom is -0.496 e. The van der Waals surface area contributed by atoms with Crippen molar-refractivity contribution in [1.82, 2.24) is 0 Å². The summed E-state index contributed by atoms with van der Waals surface area (Å²) in [5.41, 5.74) is 4.74. The van der Waals surface area contributed by atoms with Gasteiger partial charge in [0, 0.05) is 5.57 Å². The fourth-order valence-electron chi connectivity index (χ4n) is 3.07. The Morgan fingerprint density at radius 2 is 1.68 bits per heavy atom. The highest BCUT2D eigenvalue weighted by molar-refractivity contribution is 6.12. The molecule has 0 spiro atoms. The largest absolute Gasteiger partial charge is 0.496 e. The summed E-state index contributed by atoms with van der Waals surface area (Å²) >= 11 is 0. The van der Waals surface area contributed by atoms with E-state index in [9.17, 15) is 4.79 Å². The van der Waals surface area contributed by atoms with E-state index in [4.69, 9.17) is 4.74 Å². The third-order valence-electron chi connectivity index (χ3n) is 4.76. The molecule has 0 aromatic heterocycles. The number of para-hydroxylation sites is 1. The van der Waals surface area contributed by atoms with E-state index in [2.05, 4.69) is 26.5 Å². The molecule has 0 radical (unpaired) electrons. The van der Waals surface area contributed by atoms with Gasteiger partial charge >= 0.3 is 0 Å². The summed E-state index contributed by atoms with van der Waals surface area (Å²) in [6.45, 7) is 10.4. The lowest BCUT2D eigenvalue weighted by Crippen LogP contribution is -2.11. The van der Waals surface area contributed by atoms with Crippen LogP contribution in [0.2, 0.25) is 0 Å². The first-order valence-corrected chi connectivity index (χ1v) is 9.64. The first-order chi connectivity index (χ1) is 13.4. The Kier molecular flexibility index (Phi) is 8.01. The highest BCUT2D eigenvalue weighted by Gasteiger charge is 2.20. The van der Waals surface area contributed by atoms with Crippen molar-refractivity contribution in [2.75, 3.05) is 7.11 Å². The van der Waals surface area contributed by atoms with Gasteiger partial charge in [0.05, 0.1) is 12.7 Å². The van der Waals surface area contributed by atoms with Crippen molar-refractivity contribution < 1.29 is 9.53 Å². The zero-order valence-corrected chi connectivity index (χ0v) is 17.4. The lowest BCUT2D eigenvalue weighted by atomic mass is 9.86. The number of ether oxygens (including phenoxy) is 1. The molecular formula is C26H30O2. The summed E-state index contributed by atoms with van der Waals surface area (Å²) in [6.07, 6.45) is 5.73. The molecule has 2 heteroatoms. The first-order valence-electron chi connectivity index (χ1n) is 9.64. The normalized spacial score (nSPS) is 12.2. The third kappa shape index (κ3) is 6.09. The molecule has 2 nitrogen and oxygen atoms in total. The predicted molar refractivity (Wildman–Crippen MR) is 119 cm³/mol. The maximum absolute atomic E-state index is 13.4. The van der Waals surface area contributed by atoms with E-state index >= 15 is 0 Å². The van der Waals surface area contributed by atoms with E-state index in [0.29, 0.717) is 17.7 Å². The van der Waals surface area contributed by atoms with Crippen LogP contribution in [-0.2, 0) is 0 Å². The summed E-state index contributed by atoms with van der Waals surface area (Å²) in [5, 5.41) is 0. The minimum atomic E-state index is 0.00440. The van der Waals surface area contributed by atoms with Crippen molar-refractivity contribution in [3.63, 3.8) is 0 Å². The average Bonchev–Trinajstić information content (AvgIpc) is 2.70. The Labute approximate surface area is 169 Å². The highest BCUT2D eigenvalue weighted by atomic mass is 16.5. The number of carbonyl (C=O) groups excluding carboxylic acids is 1. The van der Waals surface area contributed by atoms with Crippen molar-refractivity contribution in [2.45, 2.75) is 33.6 Å². The number of rotatable bonds is 9. The van der Waals surface area contributed by atoms with Gasteiger partial charge in [-0.3, -0.25) is 4.79 Å². The first kappa shape index (κ1) is 21.4. The molecule has 1 atom stereocenters. The van der Waals surface area contributed by atoms with E-state index in [0.717, 1.165) is 23.1 Å². The second-order valence-corrected chi connectivity index (χ2v) is 7.37. The number of allylic oxidation sites excluding steroid dienone is 4. The smallest absolute Gasteiger partial charge is 0.192 e. The quantitative estimate of drug-likeness (QED) is 0.271. The van der Waals surface area contributed by atoms with Gasteiger partial charge in [0.15, 0.2) is 5.78 Å². The standard InChI is InChI=1S/C26H30O2/c1-19(2)15-16-22(20(3)4)18-23(17-21-11-7-6-8-12-21)26(27)24-13-9-10-14-25(24)28-5/h6-15,17,22H,3,16,18H2,1-2,4-5H3. The highest BCUT2D eigenvalue weighted by Crippen LogP contribution is 2.29.